The number of benzene rings is 2. The summed E-state index contributed by atoms with van der Waals surface area (Å²) < 4.78 is 34.4. The predicted octanol–water partition coefficient (Wildman–Crippen LogP) is 5.95. The van der Waals surface area contributed by atoms with Gasteiger partial charge in [-0.2, -0.15) is 0 Å². The summed E-state index contributed by atoms with van der Waals surface area (Å²) in [6.45, 7) is 8.91. The van der Waals surface area contributed by atoms with Crippen molar-refractivity contribution in [2.45, 2.75) is 58.3 Å². The molecule has 3 aromatic rings. The first kappa shape index (κ1) is 20.0. The zero-order valence-electron chi connectivity index (χ0n) is 17.6. The Morgan fingerprint density at radius 2 is 1.83 bits per heavy atom. The van der Waals surface area contributed by atoms with Gasteiger partial charge in [-0.3, -0.25) is 4.72 Å². The quantitative estimate of drug-likeness (QED) is 0.577. The second kappa shape index (κ2) is 7.21. The van der Waals surface area contributed by atoms with Gasteiger partial charge in [0.1, 0.15) is 11.3 Å². The Bertz CT molecular complexity index is 1140. The van der Waals surface area contributed by atoms with Crippen molar-refractivity contribution >= 4 is 26.7 Å². The molecule has 0 saturated heterocycles. The van der Waals surface area contributed by atoms with Crippen molar-refractivity contribution in [2.75, 3.05) is 4.72 Å². The molecule has 0 aliphatic heterocycles. The van der Waals surface area contributed by atoms with Gasteiger partial charge in [0.25, 0.3) is 10.0 Å². The summed E-state index contributed by atoms with van der Waals surface area (Å²) in [6.07, 6.45) is 3.92. The average molecular weight is 412 g/mol. The lowest BCUT2D eigenvalue weighted by Crippen LogP contribution is -2.26. The Hall–Kier alpha value is -2.27. The lowest BCUT2D eigenvalue weighted by atomic mass is 9.71. The van der Waals surface area contributed by atoms with Crippen LogP contribution in [0.5, 0.6) is 0 Å². The topological polar surface area (TPSA) is 59.3 Å². The van der Waals surface area contributed by atoms with Crippen LogP contribution in [0.4, 0.5) is 5.69 Å². The minimum atomic E-state index is -3.63. The predicted molar refractivity (Wildman–Crippen MR) is 118 cm³/mol. The second-order valence-corrected chi connectivity index (χ2v) is 10.8. The molecule has 0 saturated carbocycles. The normalized spacial score (nSPS) is 17.3. The van der Waals surface area contributed by atoms with Gasteiger partial charge in [-0.05, 0) is 66.5 Å². The molecule has 0 bridgehead atoms. The number of rotatable bonds is 4. The number of furan rings is 1. The molecule has 1 N–H and O–H groups in total. The Labute approximate surface area is 173 Å². The SMILES string of the molecule is CCc1ccc(S(=O)(=O)Nc2ccc3oc4c(c3c2)C[C@@H](C(C)(C)C)CC4)cc1. The zero-order valence-corrected chi connectivity index (χ0v) is 18.4. The maximum absolute atomic E-state index is 12.8. The number of fused-ring (bicyclic) bond motifs is 3. The van der Waals surface area contributed by atoms with Crippen LogP contribution in [0, 0.1) is 11.3 Å². The van der Waals surface area contributed by atoms with E-state index in [1.807, 2.05) is 31.2 Å². The molecule has 4 rings (SSSR count). The van der Waals surface area contributed by atoms with Gasteiger partial charge in [0.05, 0.1) is 4.90 Å². The van der Waals surface area contributed by atoms with E-state index >= 15 is 0 Å². The molecule has 1 aliphatic carbocycles. The minimum absolute atomic E-state index is 0.241. The smallest absolute Gasteiger partial charge is 0.261 e. The van der Waals surface area contributed by atoms with Crippen molar-refractivity contribution in [1.29, 1.82) is 0 Å². The van der Waals surface area contributed by atoms with Crippen LogP contribution in [0.1, 0.15) is 51.0 Å². The van der Waals surface area contributed by atoms with Crippen LogP contribution >= 0.6 is 0 Å². The number of hydrogen-bond acceptors (Lipinski definition) is 3. The number of anilines is 1. The Morgan fingerprint density at radius 1 is 1.10 bits per heavy atom. The minimum Gasteiger partial charge on any atom is -0.461 e. The molecule has 0 unspecified atom stereocenters. The molecule has 1 heterocycles. The van der Waals surface area contributed by atoms with E-state index in [0.29, 0.717) is 11.6 Å². The van der Waals surface area contributed by atoms with Gasteiger partial charge in [-0.25, -0.2) is 8.42 Å². The van der Waals surface area contributed by atoms with Gasteiger partial charge in [0.15, 0.2) is 0 Å². The average Bonchev–Trinajstić information content (AvgIpc) is 3.04. The fourth-order valence-corrected chi connectivity index (χ4v) is 5.25. The van der Waals surface area contributed by atoms with E-state index in [4.69, 9.17) is 4.42 Å². The first-order chi connectivity index (χ1) is 13.7. The van der Waals surface area contributed by atoms with Crippen molar-refractivity contribution in [1.82, 2.24) is 0 Å². The van der Waals surface area contributed by atoms with Crippen molar-refractivity contribution in [3.63, 3.8) is 0 Å². The van der Waals surface area contributed by atoms with Gasteiger partial charge in [0.2, 0.25) is 0 Å². The lowest BCUT2D eigenvalue weighted by Gasteiger charge is -2.33. The van der Waals surface area contributed by atoms with Crippen LogP contribution in [-0.4, -0.2) is 8.42 Å². The van der Waals surface area contributed by atoms with Crippen molar-refractivity contribution in [3.8, 4) is 0 Å². The highest BCUT2D eigenvalue weighted by Crippen LogP contribution is 2.41. The molecule has 4 nitrogen and oxygen atoms in total. The molecule has 0 amide bonds. The summed E-state index contributed by atoms with van der Waals surface area (Å²) in [4.78, 5) is 0.275. The first-order valence-electron chi connectivity index (χ1n) is 10.3. The first-order valence-corrected chi connectivity index (χ1v) is 11.8. The van der Waals surface area contributed by atoms with E-state index in [2.05, 4.69) is 25.5 Å². The highest BCUT2D eigenvalue weighted by molar-refractivity contribution is 7.92. The summed E-state index contributed by atoms with van der Waals surface area (Å²) in [6, 6.07) is 12.6. The number of nitrogens with one attached hydrogen (secondary N) is 1. The van der Waals surface area contributed by atoms with Gasteiger partial charge >= 0.3 is 0 Å². The maximum Gasteiger partial charge on any atom is 0.261 e. The van der Waals surface area contributed by atoms with Crippen LogP contribution in [0.15, 0.2) is 51.8 Å². The molecule has 29 heavy (non-hydrogen) atoms. The Kier molecular flexibility index (Phi) is 4.97. The molecule has 1 atom stereocenters. The lowest BCUT2D eigenvalue weighted by molar-refractivity contribution is 0.210. The summed E-state index contributed by atoms with van der Waals surface area (Å²) in [5.41, 5.74) is 3.99. The summed E-state index contributed by atoms with van der Waals surface area (Å²) in [7, 11) is -3.63. The van der Waals surface area contributed by atoms with E-state index in [9.17, 15) is 8.42 Å². The molecule has 0 spiro atoms. The van der Waals surface area contributed by atoms with E-state index < -0.39 is 10.0 Å². The molecular weight excluding hydrogens is 382 g/mol. The largest absolute Gasteiger partial charge is 0.461 e. The molecule has 1 aliphatic rings. The number of hydrogen-bond donors (Lipinski definition) is 1. The van der Waals surface area contributed by atoms with Gasteiger partial charge < -0.3 is 4.42 Å². The highest BCUT2D eigenvalue weighted by Gasteiger charge is 2.31. The number of sulfonamides is 1. The van der Waals surface area contributed by atoms with Crippen LogP contribution in [0.2, 0.25) is 0 Å². The molecule has 0 fully saturated rings. The van der Waals surface area contributed by atoms with E-state index in [0.717, 1.165) is 48.0 Å². The fraction of sp³-hybridized carbons (Fsp3) is 0.417. The highest BCUT2D eigenvalue weighted by atomic mass is 32.2. The molecular formula is C24H29NO3S. The van der Waals surface area contributed by atoms with Gasteiger partial charge in [-0.1, -0.05) is 39.8 Å². The molecule has 154 valence electrons. The third-order valence-electron chi connectivity index (χ3n) is 6.16. The Morgan fingerprint density at radius 3 is 2.48 bits per heavy atom. The van der Waals surface area contributed by atoms with Gasteiger partial charge in [0, 0.05) is 23.1 Å². The standard InChI is InChI=1S/C24H29NO3S/c1-5-16-6-10-19(11-7-16)29(26,27)25-18-9-13-23-21(15-18)20-14-17(24(2,3)4)8-12-22(20)28-23/h6-7,9-11,13,15,17,25H,5,8,12,14H2,1-4H3/t17-/m0/s1. The summed E-state index contributed by atoms with van der Waals surface area (Å²) >= 11 is 0. The zero-order chi connectivity index (χ0) is 20.8. The van der Waals surface area contributed by atoms with E-state index in [-0.39, 0.29) is 10.3 Å². The third kappa shape index (κ3) is 3.93. The maximum atomic E-state index is 12.8. The molecule has 0 radical (unpaired) electrons. The van der Waals surface area contributed by atoms with Crippen molar-refractivity contribution in [2.24, 2.45) is 11.3 Å². The van der Waals surface area contributed by atoms with Gasteiger partial charge in [-0.15, -0.1) is 0 Å². The molecule has 5 heteroatoms. The number of aryl methyl sites for hydroxylation is 2. The van der Waals surface area contributed by atoms with Crippen LogP contribution < -0.4 is 4.72 Å². The summed E-state index contributed by atoms with van der Waals surface area (Å²) in [5, 5.41) is 1.02. The monoisotopic (exact) mass is 411 g/mol. The van der Waals surface area contributed by atoms with Crippen LogP contribution in [0.25, 0.3) is 11.0 Å². The molecule has 2 aromatic carbocycles. The Balaban J connectivity index is 1.65. The second-order valence-electron chi connectivity index (χ2n) is 9.12. The van der Waals surface area contributed by atoms with Crippen molar-refractivity contribution in [3.05, 3.63) is 59.4 Å². The third-order valence-corrected chi connectivity index (χ3v) is 7.56. The van der Waals surface area contributed by atoms with Crippen LogP contribution in [0.3, 0.4) is 0 Å². The van der Waals surface area contributed by atoms with E-state index in [1.54, 1.807) is 18.2 Å². The van der Waals surface area contributed by atoms with Crippen LogP contribution in [-0.2, 0) is 29.3 Å². The fourth-order valence-electron chi connectivity index (χ4n) is 4.20. The van der Waals surface area contributed by atoms with E-state index in [1.165, 1.54) is 5.56 Å². The summed E-state index contributed by atoms with van der Waals surface area (Å²) in [5.74, 6) is 1.64. The molecule has 1 aromatic heterocycles. The van der Waals surface area contributed by atoms with Crippen molar-refractivity contribution < 1.29 is 12.8 Å².